The Balaban J connectivity index is 3.87. The third-order valence-electron chi connectivity index (χ3n) is 19.7. The van der Waals surface area contributed by atoms with E-state index in [9.17, 15) is 19.4 Å². The molecule has 0 fully saturated rings. The van der Waals surface area contributed by atoms with Gasteiger partial charge in [0.2, 0.25) is 5.91 Å². The van der Waals surface area contributed by atoms with Gasteiger partial charge in [-0.15, -0.1) is 0 Å². The molecule has 0 heterocycles. The number of carbonyl (C=O) groups excluding carboxylic acids is 1. The molecule has 0 aromatic rings. The standard InChI is InChI=1S/C83H165N2O6P/c1-6-8-10-12-14-16-18-20-22-24-26-28-30-32-34-36-38-39-40-41-42-43-44-45-47-49-51-53-55-57-59-61-63-65-67-69-71-73-75-77-83(87)84-81(80-91-92(88,89)90-79-78-85(3,4)5)82(86)76-74-72-70-68-66-64-62-60-58-56-54-52-50-48-46-37-35-33-31-29-27-25-23-21-19-17-15-13-11-9-7-2/h18,20,24,26,81-82,86H,6-17,19,21-23,25,27-80H2,1-5H3,(H-,84,87,88,89)/b20-18-,26-24-. The van der Waals surface area contributed by atoms with E-state index in [1.165, 1.54) is 379 Å². The Labute approximate surface area is 576 Å². The molecule has 0 radical (unpaired) electrons. The largest absolute Gasteiger partial charge is 0.756 e. The number of phosphoric ester groups is 1. The van der Waals surface area contributed by atoms with Crippen LogP contribution in [0, 0.1) is 0 Å². The van der Waals surface area contributed by atoms with Crippen LogP contribution in [-0.2, 0) is 18.4 Å². The Morgan fingerprint density at radius 1 is 0.380 bits per heavy atom. The molecule has 0 saturated carbocycles. The first-order chi connectivity index (χ1) is 45.0. The number of unbranched alkanes of at least 4 members (excludes halogenated alkanes) is 62. The second kappa shape index (κ2) is 74.2. The van der Waals surface area contributed by atoms with Crippen LogP contribution in [0.5, 0.6) is 0 Å². The molecular weight excluding hydrogens is 1150 g/mol. The number of rotatable bonds is 79. The average molecular weight is 1320 g/mol. The Kier molecular flexibility index (Phi) is 73.4. The Morgan fingerprint density at radius 2 is 0.630 bits per heavy atom. The van der Waals surface area contributed by atoms with E-state index in [-0.39, 0.29) is 19.1 Å². The number of aliphatic hydroxyl groups is 1. The maximum absolute atomic E-state index is 13.1. The van der Waals surface area contributed by atoms with Crippen molar-refractivity contribution in [3.8, 4) is 0 Å². The molecule has 2 N–H and O–H groups in total. The van der Waals surface area contributed by atoms with Crippen molar-refractivity contribution in [1.29, 1.82) is 0 Å². The van der Waals surface area contributed by atoms with Crippen molar-refractivity contribution in [2.24, 2.45) is 0 Å². The summed E-state index contributed by atoms with van der Waals surface area (Å²) in [4.78, 5) is 25.8. The van der Waals surface area contributed by atoms with E-state index in [0.717, 1.165) is 44.9 Å². The number of hydrogen-bond donors (Lipinski definition) is 2. The van der Waals surface area contributed by atoms with Crippen LogP contribution < -0.4 is 10.2 Å². The number of nitrogens with one attached hydrogen (secondary N) is 1. The summed E-state index contributed by atoms with van der Waals surface area (Å²) >= 11 is 0. The lowest BCUT2D eigenvalue weighted by Gasteiger charge is -2.30. The summed E-state index contributed by atoms with van der Waals surface area (Å²) in [5.41, 5.74) is 0. The zero-order chi connectivity index (χ0) is 66.9. The molecule has 0 rings (SSSR count). The molecule has 0 aromatic carbocycles. The van der Waals surface area contributed by atoms with Crippen molar-refractivity contribution >= 4 is 13.7 Å². The minimum Gasteiger partial charge on any atom is -0.756 e. The van der Waals surface area contributed by atoms with Crippen LogP contribution >= 0.6 is 7.82 Å². The summed E-state index contributed by atoms with van der Waals surface area (Å²) in [6, 6.07) is -0.800. The normalized spacial score (nSPS) is 13.5. The summed E-state index contributed by atoms with van der Waals surface area (Å²) in [5.74, 6) is -0.153. The van der Waals surface area contributed by atoms with Gasteiger partial charge in [0, 0.05) is 6.42 Å². The molecule has 0 aliphatic heterocycles. The number of quaternary nitrogens is 1. The van der Waals surface area contributed by atoms with Crippen LogP contribution in [0.1, 0.15) is 450 Å². The zero-order valence-electron chi connectivity index (χ0n) is 63.1. The minimum atomic E-state index is -4.58. The lowest BCUT2D eigenvalue weighted by atomic mass is 10.0. The number of allylic oxidation sites excluding steroid dienone is 4. The third-order valence-corrected chi connectivity index (χ3v) is 20.7. The number of nitrogens with zero attached hydrogens (tertiary/aromatic N) is 1. The highest BCUT2D eigenvalue weighted by Crippen LogP contribution is 2.38. The van der Waals surface area contributed by atoms with Gasteiger partial charge in [0.1, 0.15) is 13.2 Å². The maximum atomic E-state index is 13.1. The zero-order valence-corrected chi connectivity index (χ0v) is 63.9. The van der Waals surface area contributed by atoms with Gasteiger partial charge in [-0.1, -0.05) is 423 Å². The molecule has 3 atom stereocenters. The quantitative estimate of drug-likeness (QED) is 0.0272. The van der Waals surface area contributed by atoms with Crippen LogP contribution in [0.2, 0.25) is 0 Å². The molecule has 0 spiro atoms. The predicted molar refractivity (Wildman–Crippen MR) is 404 cm³/mol. The van der Waals surface area contributed by atoms with E-state index in [4.69, 9.17) is 9.05 Å². The van der Waals surface area contributed by atoms with Gasteiger partial charge in [-0.3, -0.25) is 9.36 Å². The summed E-state index contributed by atoms with van der Waals surface area (Å²) in [6.07, 6.45) is 98.9. The number of carbonyl (C=O) groups is 1. The lowest BCUT2D eigenvalue weighted by molar-refractivity contribution is -0.870. The summed E-state index contributed by atoms with van der Waals surface area (Å²) in [5, 5.41) is 14.2. The molecule has 0 aliphatic rings. The minimum absolute atomic E-state index is 0.0159. The Morgan fingerprint density at radius 3 is 0.902 bits per heavy atom. The van der Waals surface area contributed by atoms with E-state index in [0.29, 0.717) is 23.9 Å². The first-order valence-electron chi connectivity index (χ1n) is 41.7. The Bertz CT molecular complexity index is 1550. The Hall–Kier alpha value is -1.02. The monoisotopic (exact) mass is 1320 g/mol. The van der Waals surface area contributed by atoms with Gasteiger partial charge in [0.15, 0.2) is 0 Å². The maximum Gasteiger partial charge on any atom is 0.268 e. The van der Waals surface area contributed by atoms with Crippen molar-refractivity contribution in [3.63, 3.8) is 0 Å². The van der Waals surface area contributed by atoms with Crippen LogP contribution in [0.4, 0.5) is 0 Å². The SMILES string of the molecule is CCCCCCC/C=C\C/C=C\CCCCCCCCCCCCCCCCCCCCCCCCCCCCCC(=O)NC(COP(=O)([O-])OCC[N+](C)(C)C)C(O)CCCCCCCCCCCCCCCCCCCCCCCCCCCCCCCCC. The highest BCUT2D eigenvalue weighted by atomic mass is 31.2. The molecule has 0 bridgehead atoms. The van der Waals surface area contributed by atoms with Crippen LogP contribution in [0.15, 0.2) is 24.3 Å². The molecule has 92 heavy (non-hydrogen) atoms. The summed E-state index contributed by atoms with van der Waals surface area (Å²) in [7, 11) is 1.33. The third kappa shape index (κ3) is 76.3. The predicted octanol–water partition coefficient (Wildman–Crippen LogP) is 26.7. The summed E-state index contributed by atoms with van der Waals surface area (Å²) < 4.78 is 23.6. The van der Waals surface area contributed by atoms with Gasteiger partial charge in [-0.25, -0.2) is 0 Å². The van der Waals surface area contributed by atoms with E-state index in [1.807, 2.05) is 21.1 Å². The fourth-order valence-corrected chi connectivity index (χ4v) is 14.0. The van der Waals surface area contributed by atoms with Gasteiger partial charge in [0.25, 0.3) is 7.82 Å². The van der Waals surface area contributed by atoms with E-state index in [2.05, 4.69) is 43.5 Å². The smallest absolute Gasteiger partial charge is 0.268 e. The fourth-order valence-electron chi connectivity index (χ4n) is 13.3. The number of phosphoric acid groups is 1. The van der Waals surface area contributed by atoms with Gasteiger partial charge in [0.05, 0.1) is 39.9 Å². The summed E-state index contributed by atoms with van der Waals surface area (Å²) in [6.45, 7) is 4.79. The number of aliphatic hydroxyl groups excluding tert-OH is 1. The molecule has 3 unspecified atom stereocenters. The molecule has 0 aromatic heterocycles. The van der Waals surface area contributed by atoms with Crippen LogP contribution in [0.3, 0.4) is 0 Å². The molecule has 1 amide bonds. The molecule has 548 valence electrons. The highest BCUT2D eigenvalue weighted by molar-refractivity contribution is 7.45. The lowest BCUT2D eigenvalue weighted by Crippen LogP contribution is -2.46. The number of likely N-dealkylation sites (N-methyl/N-ethyl adjacent to an activating group) is 1. The first-order valence-corrected chi connectivity index (χ1v) is 43.1. The van der Waals surface area contributed by atoms with Crippen molar-refractivity contribution in [3.05, 3.63) is 24.3 Å². The number of hydrogen-bond acceptors (Lipinski definition) is 6. The van der Waals surface area contributed by atoms with Gasteiger partial charge >= 0.3 is 0 Å². The fraction of sp³-hybridized carbons (Fsp3) is 0.940. The second-order valence-corrected chi connectivity index (χ2v) is 31.6. The van der Waals surface area contributed by atoms with Crippen molar-refractivity contribution < 1.29 is 32.9 Å². The number of amides is 1. The molecule has 0 aliphatic carbocycles. The average Bonchev–Trinajstić information content (AvgIpc) is 2.63. The molecule has 9 heteroatoms. The molecule has 0 saturated heterocycles. The molecular formula is C83H165N2O6P. The highest BCUT2D eigenvalue weighted by Gasteiger charge is 2.24. The topological polar surface area (TPSA) is 108 Å². The van der Waals surface area contributed by atoms with E-state index >= 15 is 0 Å². The van der Waals surface area contributed by atoms with Crippen molar-refractivity contribution in [2.75, 3.05) is 40.9 Å². The van der Waals surface area contributed by atoms with Crippen LogP contribution in [-0.4, -0.2) is 68.5 Å². The van der Waals surface area contributed by atoms with Crippen LogP contribution in [0.25, 0.3) is 0 Å². The van der Waals surface area contributed by atoms with E-state index < -0.39 is 20.0 Å². The van der Waals surface area contributed by atoms with Gasteiger partial charge in [-0.05, 0) is 44.9 Å². The molecule has 8 nitrogen and oxygen atoms in total. The van der Waals surface area contributed by atoms with Gasteiger partial charge < -0.3 is 28.8 Å². The van der Waals surface area contributed by atoms with Crippen molar-refractivity contribution in [1.82, 2.24) is 5.32 Å². The van der Waals surface area contributed by atoms with Gasteiger partial charge in [-0.2, -0.15) is 0 Å². The van der Waals surface area contributed by atoms with E-state index in [1.54, 1.807) is 0 Å². The second-order valence-electron chi connectivity index (χ2n) is 30.2. The first kappa shape index (κ1) is 91.0. The van der Waals surface area contributed by atoms with Crippen molar-refractivity contribution in [2.45, 2.75) is 463 Å².